The average molecular weight is 521 g/mol. The smallest absolute Gasteiger partial charge is 0.412 e. The third kappa shape index (κ3) is 7.38. The molecule has 0 aliphatic heterocycles. The number of halogens is 1. The number of ether oxygens (including phenoxy) is 1. The van der Waals surface area contributed by atoms with Crippen molar-refractivity contribution in [3.8, 4) is 11.8 Å². The topological polar surface area (TPSA) is 132 Å². The number of phenols is 1. The van der Waals surface area contributed by atoms with Gasteiger partial charge in [-0.3, -0.25) is 15.3 Å². The number of hydrogen-bond acceptors (Lipinski definition) is 6. The molecule has 2 amide bonds. The van der Waals surface area contributed by atoms with Crippen LogP contribution in [0.15, 0.2) is 54.6 Å². The first-order chi connectivity index (χ1) is 14.4. The van der Waals surface area contributed by atoms with E-state index in [0.29, 0.717) is 36.1 Å². The van der Waals surface area contributed by atoms with E-state index in [1.54, 1.807) is 42.5 Å². The van der Waals surface area contributed by atoms with Gasteiger partial charge in [0, 0.05) is 20.9 Å². The Morgan fingerprint density at radius 2 is 1.97 bits per heavy atom. The van der Waals surface area contributed by atoms with Gasteiger partial charge in [0.15, 0.2) is 0 Å². The Morgan fingerprint density at radius 3 is 2.63 bits per heavy atom. The zero-order valence-electron chi connectivity index (χ0n) is 15.8. The van der Waals surface area contributed by atoms with Crippen LogP contribution in [0.2, 0.25) is 0 Å². The lowest BCUT2D eigenvalue weighted by molar-refractivity contribution is -0.124. The number of anilines is 1. The molecule has 0 heterocycles. The number of rotatable bonds is 8. The summed E-state index contributed by atoms with van der Waals surface area (Å²) in [7, 11) is 0. The number of nitrogens with one attached hydrogen (secondary N) is 2. The molecular formula is C21H20IN3O5. The molecule has 2 aromatic carbocycles. The molecule has 0 spiro atoms. The molecule has 156 valence electrons. The highest BCUT2D eigenvalue weighted by molar-refractivity contribution is 14.1. The van der Waals surface area contributed by atoms with Crippen molar-refractivity contribution >= 4 is 40.3 Å². The summed E-state index contributed by atoms with van der Waals surface area (Å²) in [6.07, 6.45) is 2.87. The molecule has 0 aromatic heterocycles. The fourth-order valence-electron chi connectivity index (χ4n) is 2.61. The van der Waals surface area contributed by atoms with Crippen molar-refractivity contribution < 1.29 is 24.6 Å². The van der Waals surface area contributed by atoms with Crippen LogP contribution in [0.3, 0.4) is 0 Å². The fraction of sp³-hybridized carbons (Fsp3) is 0.190. The Balaban J connectivity index is 2.07. The number of carbonyl (C=O) groups excluding carboxylic acids is 2. The molecule has 9 heteroatoms. The summed E-state index contributed by atoms with van der Waals surface area (Å²) in [5.74, 6) is -0.610. The minimum Gasteiger partial charge on any atom is -0.508 e. The molecule has 0 aliphatic carbocycles. The number of phenolic OH excluding ortho intramolecular Hbond substituents is 1. The lowest BCUT2D eigenvalue weighted by Gasteiger charge is -2.20. The molecular weight excluding hydrogens is 501 g/mol. The summed E-state index contributed by atoms with van der Waals surface area (Å²) < 4.78 is 6.44. The third-order valence-corrected chi connectivity index (χ3v) is 4.73. The van der Waals surface area contributed by atoms with Crippen molar-refractivity contribution in [1.29, 1.82) is 5.26 Å². The zero-order chi connectivity index (χ0) is 21.9. The monoisotopic (exact) mass is 521 g/mol. The van der Waals surface area contributed by atoms with Gasteiger partial charge in [0.25, 0.3) is 5.91 Å². The summed E-state index contributed by atoms with van der Waals surface area (Å²) in [4.78, 5) is 23.4. The van der Waals surface area contributed by atoms with Crippen molar-refractivity contribution in [3.63, 3.8) is 0 Å². The van der Waals surface area contributed by atoms with Gasteiger partial charge < -0.3 is 9.84 Å². The third-order valence-electron chi connectivity index (χ3n) is 4.06. The Bertz CT molecular complexity index is 954. The van der Waals surface area contributed by atoms with Crippen LogP contribution in [0.1, 0.15) is 36.5 Å². The predicted octanol–water partition coefficient (Wildman–Crippen LogP) is 4.39. The maximum absolute atomic E-state index is 12.4. The normalized spacial score (nSPS) is 11.5. The molecule has 0 saturated heterocycles. The van der Waals surface area contributed by atoms with Gasteiger partial charge in [-0.2, -0.15) is 5.26 Å². The molecule has 0 saturated carbocycles. The van der Waals surface area contributed by atoms with Gasteiger partial charge in [0.2, 0.25) is 0 Å². The van der Waals surface area contributed by atoms with Crippen molar-refractivity contribution in [2.45, 2.75) is 25.4 Å². The van der Waals surface area contributed by atoms with Gasteiger partial charge in [0.05, 0.1) is 11.6 Å². The number of benzene rings is 2. The summed E-state index contributed by atoms with van der Waals surface area (Å²) in [5, 5.41) is 30.2. The molecule has 0 aliphatic rings. The van der Waals surface area contributed by atoms with Gasteiger partial charge in [0.1, 0.15) is 11.9 Å². The van der Waals surface area contributed by atoms with Gasteiger partial charge in [-0.05, 0) is 84.3 Å². The van der Waals surface area contributed by atoms with Crippen molar-refractivity contribution in [3.05, 3.63) is 69.3 Å². The highest BCUT2D eigenvalue weighted by Gasteiger charge is 2.20. The first-order valence-electron chi connectivity index (χ1n) is 8.99. The molecule has 30 heavy (non-hydrogen) atoms. The highest BCUT2D eigenvalue weighted by Crippen LogP contribution is 2.32. The van der Waals surface area contributed by atoms with Crippen molar-refractivity contribution in [1.82, 2.24) is 5.48 Å². The van der Waals surface area contributed by atoms with Gasteiger partial charge >= 0.3 is 6.09 Å². The first kappa shape index (κ1) is 23.2. The number of carbonyl (C=O) groups is 2. The van der Waals surface area contributed by atoms with Crippen LogP contribution in [0.5, 0.6) is 5.75 Å². The maximum Gasteiger partial charge on any atom is 0.412 e. The van der Waals surface area contributed by atoms with E-state index in [1.807, 2.05) is 6.07 Å². The Hall–Kier alpha value is -3.10. The molecule has 4 N–H and O–H groups in total. The fourth-order valence-corrected chi connectivity index (χ4v) is 3.13. The Kier molecular flexibility index (Phi) is 9.11. The van der Waals surface area contributed by atoms with E-state index in [0.717, 1.165) is 3.57 Å². The highest BCUT2D eigenvalue weighted by atomic mass is 127. The minimum absolute atomic E-state index is 0.0155. The number of allylic oxidation sites excluding steroid dienone is 1. The molecule has 2 aromatic rings. The molecule has 1 atom stereocenters. The zero-order valence-corrected chi connectivity index (χ0v) is 18.0. The van der Waals surface area contributed by atoms with E-state index < -0.39 is 18.1 Å². The molecule has 0 radical (unpaired) electrons. The van der Waals surface area contributed by atoms with Crippen molar-refractivity contribution in [2.24, 2.45) is 0 Å². The van der Waals surface area contributed by atoms with Crippen molar-refractivity contribution in [2.75, 3.05) is 5.32 Å². The lowest BCUT2D eigenvalue weighted by Crippen LogP contribution is -2.18. The quantitative estimate of drug-likeness (QED) is 0.134. The van der Waals surface area contributed by atoms with Gasteiger partial charge in [-0.1, -0.05) is 6.08 Å². The summed E-state index contributed by atoms with van der Waals surface area (Å²) in [5.41, 5.74) is 2.93. The number of unbranched alkanes of at least 4 members (excludes halogenated alkanes) is 1. The van der Waals surface area contributed by atoms with Gasteiger partial charge in [-0.15, -0.1) is 0 Å². The summed E-state index contributed by atoms with van der Waals surface area (Å²) in [6.45, 7) is 0. The van der Waals surface area contributed by atoms with Crippen LogP contribution >= 0.6 is 22.6 Å². The summed E-state index contributed by atoms with van der Waals surface area (Å²) >= 11 is 2.10. The lowest BCUT2D eigenvalue weighted by atomic mass is 10.0. The number of amides is 2. The molecule has 0 fully saturated rings. The molecule has 2 rings (SSSR count). The number of hydrogen-bond donors (Lipinski definition) is 4. The van der Waals surface area contributed by atoms with E-state index in [-0.39, 0.29) is 5.75 Å². The Morgan fingerprint density at radius 1 is 1.23 bits per heavy atom. The van der Waals surface area contributed by atoms with Crippen LogP contribution in [-0.2, 0) is 9.53 Å². The van der Waals surface area contributed by atoms with E-state index in [4.69, 9.17) is 15.2 Å². The molecule has 0 bridgehead atoms. The molecule has 8 nitrogen and oxygen atoms in total. The number of aromatic hydroxyl groups is 1. The molecule has 0 unspecified atom stereocenters. The van der Waals surface area contributed by atoms with Crippen LogP contribution in [-0.4, -0.2) is 22.3 Å². The second kappa shape index (κ2) is 11.8. The van der Waals surface area contributed by atoms with Crippen LogP contribution in [0.25, 0.3) is 0 Å². The standard InChI is InChI=1S/C21H20IN3O5/c22-15-8-11-18(26)17(12-15)19(4-2-1-3-5-20(27)25-29)30-21(28)24-16-9-6-14(13-23)7-10-16/h3,5-12,19,26,29H,1-2,4H2,(H,24,28)(H,25,27)/b5-3+/t19-/m0/s1. The Labute approximate surface area is 187 Å². The maximum atomic E-state index is 12.4. The first-order valence-corrected chi connectivity index (χ1v) is 10.1. The second-order valence-electron chi connectivity index (χ2n) is 6.22. The van der Waals surface area contributed by atoms with Crippen LogP contribution in [0, 0.1) is 14.9 Å². The predicted molar refractivity (Wildman–Crippen MR) is 118 cm³/mol. The number of nitrogens with zero attached hydrogens (tertiary/aromatic N) is 1. The minimum atomic E-state index is -0.710. The van der Waals surface area contributed by atoms with E-state index in [9.17, 15) is 14.7 Å². The number of nitriles is 1. The SMILES string of the molecule is N#Cc1ccc(NC(=O)O[C@@H](CCC/C=C/C(=O)NO)c2cc(I)ccc2O)cc1. The van der Waals surface area contributed by atoms with E-state index in [1.165, 1.54) is 17.6 Å². The van der Waals surface area contributed by atoms with E-state index in [2.05, 4.69) is 27.9 Å². The largest absolute Gasteiger partial charge is 0.508 e. The average Bonchev–Trinajstić information content (AvgIpc) is 2.74. The van der Waals surface area contributed by atoms with Crippen LogP contribution in [0.4, 0.5) is 10.5 Å². The summed E-state index contributed by atoms with van der Waals surface area (Å²) in [6, 6.07) is 13.4. The van der Waals surface area contributed by atoms with Crippen LogP contribution < -0.4 is 10.8 Å². The van der Waals surface area contributed by atoms with Gasteiger partial charge in [-0.25, -0.2) is 10.3 Å². The van der Waals surface area contributed by atoms with E-state index >= 15 is 0 Å². The number of hydroxylamine groups is 1. The second-order valence-corrected chi connectivity index (χ2v) is 7.47.